The summed E-state index contributed by atoms with van der Waals surface area (Å²) >= 11 is 0. The first-order chi connectivity index (χ1) is 19.4. The Morgan fingerprint density at radius 1 is 1.10 bits per heavy atom. The molecule has 1 amide bonds. The number of methoxy groups -OCH3 is 1. The molecule has 3 aromatic rings. The van der Waals surface area contributed by atoms with Crippen molar-refractivity contribution < 1.29 is 9.53 Å². The molecular weight excluding hydrogens is 500 g/mol. The quantitative estimate of drug-likeness (QED) is 0.402. The first-order valence-corrected chi connectivity index (χ1v) is 14.1. The lowest BCUT2D eigenvalue weighted by atomic mass is 9.89. The number of fused-ring (bicyclic) bond motifs is 1. The highest BCUT2D eigenvalue weighted by molar-refractivity contribution is 5.99. The Kier molecular flexibility index (Phi) is 8.63. The Bertz CT molecular complexity index is 1410. The number of piperazine rings is 1. The number of ether oxygens (including phenoxy) is 1. The number of nitriles is 1. The Labute approximate surface area is 236 Å². The van der Waals surface area contributed by atoms with Gasteiger partial charge in [0.25, 0.3) is 5.91 Å². The summed E-state index contributed by atoms with van der Waals surface area (Å²) in [5.74, 6) is 0.559. The maximum Gasteiger partial charge on any atom is 0.270 e. The fourth-order valence-electron chi connectivity index (χ4n) is 5.80. The number of nitrogens with one attached hydrogen (secondary N) is 2. The van der Waals surface area contributed by atoms with E-state index in [1.807, 2.05) is 42.5 Å². The predicted molar refractivity (Wildman–Crippen MR) is 160 cm³/mol. The Hall–Kier alpha value is -3.93. The number of benzene rings is 2. The normalized spacial score (nSPS) is 20.0. The first-order valence-electron chi connectivity index (χ1n) is 14.1. The highest BCUT2D eigenvalue weighted by atomic mass is 16.5. The molecule has 1 aliphatic carbocycles. The lowest BCUT2D eigenvalue weighted by molar-refractivity contribution is 0.0788. The van der Waals surface area contributed by atoms with E-state index in [9.17, 15) is 4.79 Å². The van der Waals surface area contributed by atoms with Gasteiger partial charge in [0.15, 0.2) is 0 Å². The molecule has 8 nitrogen and oxygen atoms in total. The van der Waals surface area contributed by atoms with Crippen LogP contribution in [0.5, 0.6) is 5.75 Å². The minimum atomic E-state index is -0.121. The van der Waals surface area contributed by atoms with Gasteiger partial charge in [-0.2, -0.15) is 5.26 Å². The van der Waals surface area contributed by atoms with Crippen LogP contribution in [-0.4, -0.2) is 79.7 Å². The third kappa shape index (κ3) is 6.27. The number of anilines is 1. The number of hydrogen-bond donors (Lipinski definition) is 2. The second-order valence-corrected chi connectivity index (χ2v) is 10.9. The van der Waals surface area contributed by atoms with Crippen molar-refractivity contribution in [1.82, 2.24) is 20.1 Å². The molecule has 2 heterocycles. The summed E-state index contributed by atoms with van der Waals surface area (Å²) in [6.45, 7) is 8.65. The summed E-state index contributed by atoms with van der Waals surface area (Å²) in [6, 6.07) is 18.5. The predicted octanol–water partition coefficient (Wildman–Crippen LogP) is 4.69. The van der Waals surface area contributed by atoms with Gasteiger partial charge in [0.2, 0.25) is 0 Å². The third-order valence-corrected chi connectivity index (χ3v) is 8.20. The SMILES string of the molecule is C=C(C#N)CNc1c(OC)ccc2ccc(-c3cccc(C(=O)NC4CCC(N5CCN(C)CC5)CC4)n3)cc12. The van der Waals surface area contributed by atoms with E-state index < -0.39 is 0 Å². The minimum absolute atomic E-state index is 0.121. The number of nitrogens with zero attached hydrogens (tertiary/aromatic N) is 4. The molecule has 2 aliphatic rings. The van der Waals surface area contributed by atoms with Crippen molar-refractivity contribution in [2.24, 2.45) is 0 Å². The fraction of sp³-hybridized carbons (Fsp3) is 0.406. The van der Waals surface area contributed by atoms with Crippen molar-refractivity contribution >= 4 is 22.4 Å². The molecule has 2 aromatic carbocycles. The number of aromatic nitrogens is 1. The summed E-state index contributed by atoms with van der Waals surface area (Å²) in [4.78, 5) is 22.9. The van der Waals surface area contributed by atoms with Gasteiger partial charge in [0, 0.05) is 61.3 Å². The molecule has 2 N–H and O–H groups in total. The van der Waals surface area contributed by atoms with Gasteiger partial charge in [0.05, 0.1) is 24.6 Å². The number of hydrogen-bond acceptors (Lipinski definition) is 7. The Morgan fingerprint density at radius 2 is 1.85 bits per heavy atom. The minimum Gasteiger partial charge on any atom is -0.495 e. The summed E-state index contributed by atoms with van der Waals surface area (Å²) in [5.41, 5.74) is 3.27. The lowest BCUT2D eigenvalue weighted by Crippen LogP contribution is -2.51. The van der Waals surface area contributed by atoms with Crippen molar-refractivity contribution in [3.8, 4) is 23.1 Å². The van der Waals surface area contributed by atoms with Gasteiger partial charge >= 0.3 is 0 Å². The number of rotatable bonds is 8. The van der Waals surface area contributed by atoms with Gasteiger partial charge < -0.3 is 20.3 Å². The molecule has 1 aromatic heterocycles. The molecule has 1 aliphatic heterocycles. The van der Waals surface area contributed by atoms with Crippen LogP contribution in [-0.2, 0) is 0 Å². The Morgan fingerprint density at radius 3 is 2.58 bits per heavy atom. The molecule has 0 atom stereocenters. The maximum absolute atomic E-state index is 13.2. The summed E-state index contributed by atoms with van der Waals surface area (Å²) in [7, 11) is 3.81. The molecule has 1 saturated carbocycles. The van der Waals surface area contributed by atoms with Gasteiger partial charge in [-0.3, -0.25) is 9.69 Å². The van der Waals surface area contributed by atoms with Crippen LogP contribution in [0.2, 0.25) is 0 Å². The summed E-state index contributed by atoms with van der Waals surface area (Å²) in [6.07, 6.45) is 4.26. The fourth-order valence-corrected chi connectivity index (χ4v) is 5.80. The summed E-state index contributed by atoms with van der Waals surface area (Å²) in [5, 5.41) is 17.6. The number of likely N-dealkylation sites (N-methyl/N-ethyl adjacent to an activating group) is 1. The maximum atomic E-state index is 13.2. The first kappa shape index (κ1) is 27.6. The van der Waals surface area contributed by atoms with Crippen LogP contribution in [0.25, 0.3) is 22.0 Å². The van der Waals surface area contributed by atoms with Crippen LogP contribution in [0.3, 0.4) is 0 Å². The molecule has 8 heteroatoms. The molecule has 0 unspecified atom stereocenters. The average Bonchev–Trinajstić information content (AvgIpc) is 3.00. The highest BCUT2D eigenvalue weighted by Gasteiger charge is 2.28. The highest BCUT2D eigenvalue weighted by Crippen LogP contribution is 2.35. The van der Waals surface area contributed by atoms with E-state index >= 15 is 0 Å². The van der Waals surface area contributed by atoms with Gasteiger partial charge in [0.1, 0.15) is 11.4 Å². The van der Waals surface area contributed by atoms with Crippen LogP contribution >= 0.6 is 0 Å². The number of carbonyl (C=O) groups excluding carboxylic acids is 1. The smallest absolute Gasteiger partial charge is 0.270 e. The molecule has 0 radical (unpaired) electrons. The van der Waals surface area contributed by atoms with Gasteiger partial charge in [-0.25, -0.2) is 4.98 Å². The van der Waals surface area contributed by atoms with Crippen molar-refractivity contribution in [1.29, 1.82) is 5.26 Å². The monoisotopic (exact) mass is 538 g/mol. The molecule has 40 heavy (non-hydrogen) atoms. The van der Waals surface area contributed by atoms with Crippen LogP contribution < -0.4 is 15.4 Å². The van der Waals surface area contributed by atoms with Gasteiger partial charge in [-0.05, 0) is 62.4 Å². The topological polar surface area (TPSA) is 93.5 Å². The van der Waals surface area contributed by atoms with Crippen LogP contribution in [0, 0.1) is 11.3 Å². The second-order valence-electron chi connectivity index (χ2n) is 10.9. The zero-order valence-corrected chi connectivity index (χ0v) is 23.4. The lowest BCUT2D eigenvalue weighted by Gasteiger charge is -2.41. The number of carbonyl (C=O) groups is 1. The molecule has 1 saturated heterocycles. The van der Waals surface area contributed by atoms with Gasteiger partial charge in [-0.15, -0.1) is 0 Å². The largest absolute Gasteiger partial charge is 0.495 e. The van der Waals surface area contributed by atoms with E-state index in [4.69, 9.17) is 15.0 Å². The zero-order chi connectivity index (χ0) is 28.1. The van der Waals surface area contributed by atoms with Crippen LogP contribution in [0.4, 0.5) is 5.69 Å². The van der Waals surface area contributed by atoms with E-state index in [1.165, 1.54) is 0 Å². The third-order valence-electron chi connectivity index (χ3n) is 8.20. The van der Waals surface area contributed by atoms with Crippen LogP contribution in [0.15, 0.2) is 60.7 Å². The number of pyridine rings is 1. The zero-order valence-electron chi connectivity index (χ0n) is 23.4. The molecule has 5 rings (SSSR count). The van der Waals surface area contributed by atoms with Crippen molar-refractivity contribution in [3.63, 3.8) is 0 Å². The van der Waals surface area contributed by atoms with E-state index in [0.717, 1.165) is 79.6 Å². The molecule has 208 valence electrons. The molecule has 0 bridgehead atoms. The van der Waals surface area contributed by atoms with Crippen molar-refractivity contribution in [2.75, 3.05) is 52.2 Å². The standard InChI is InChI=1S/C32H38N6O2/c1-22(20-33)21-34-31-27-19-24(8-7-23(27)9-14-30(31)40-3)28-5-4-6-29(36-28)32(39)35-25-10-12-26(13-11-25)38-17-15-37(2)16-18-38/h4-9,14,19,25-26,34H,1,10-13,15-18,21H2,2-3H3,(H,35,39). The van der Waals surface area contributed by atoms with Gasteiger partial charge in [-0.1, -0.05) is 30.8 Å². The van der Waals surface area contributed by atoms with Crippen LogP contribution in [0.1, 0.15) is 36.2 Å². The summed E-state index contributed by atoms with van der Waals surface area (Å²) < 4.78 is 5.58. The number of amides is 1. The van der Waals surface area contributed by atoms with E-state index in [2.05, 4.69) is 40.1 Å². The molecule has 2 fully saturated rings. The van der Waals surface area contributed by atoms with E-state index in [0.29, 0.717) is 29.6 Å². The van der Waals surface area contributed by atoms with E-state index in [-0.39, 0.29) is 11.9 Å². The van der Waals surface area contributed by atoms with E-state index in [1.54, 1.807) is 13.2 Å². The molecular formula is C32H38N6O2. The Balaban J connectivity index is 1.28. The molecule has 0 spiro atoms. The van der Waals surface area contributed by atoms with Crippen molar-refractivity contribution in [3.05, 3.63) is 66.4 Å². The van der Waals surface area contributed by atoms with Crippen molar-refractivity contribution in [2.45, 2.75) is 37.8 Å². The average molecular weight is 539 g/mol. The second kappa shape index (κ2) is 12.5.